The van der Waals surface area contributed by atoms with E-state index < -0.39 is 11.9 Å². The monoisotopic (exact) mass is 209 g/mol. The van der Waals surface area contributed by atoms with Gasteiger partial charge in [0.05, 0.1) is 11.3 Å². The lowest BCUT2D eigenvalue weighted by atomic mass is 10.2. The van der Waals surface area contributed by atoms with Crippen LogP contribution >= 0.6 is 0 Å². The molecule has 0 aliphatic heterocycles. The Hall–Kier alpha value is -2.11. The van der Waals surface area contributed by atoms with Crippen LogP contribution in [-0.2, 0) is 4.79 Å². The summed E-state index contributed by atoms with van der Waals surface area (Å²) in [4.78, 5) is 26.8. The van der Waals surface area contributed by atoms with Gasteiger partial charge in [0.1, 0.15) is 6.54 Å². The number of carbonyl (C=O) groups excluding carboxylic acids is 1. The number of carbonyl (C=O) groups is 2. The van der Waals surface area contributed by atoms with Crippen molar-refractivity contribution in [1.82, 2.24) is 9.88 Å². The number of anilines is 1. The highest BCUT2D eigenvalue weighted by molar-refractivity contribution is 5.96. The van der Waals surface area contributed by atoms with Crippen LogP contribution in [0.15, 0.2) is 18.5 Å². The number of nitrogens with zero attached hydrogens (tertiary/aromatic N) is 2. The number of nitrogen functional groups attached to an aromatic ring is 1. The predicted molar refractivity (Wildman–Crippen MR) is 53.2 cm³/mol. The van der Waals surface area contributed by atoms with Crippen molar-refractivity contribution < 1.29 is 14.7 Å². The molecule has 6 nitrogen and oxygen atoms in total. The highest BCUT2D eigenvalue weighted by Crippen LogP contribution is 2.06. The maximum Gasteiger partial charge on any atom is 0.323 e. The van der Waals surface area contributed by atoms with Gasteiger partial charge in [-0.25, -0.2) is 0 Å². The molecule has 1 heterocycles. The third-order valence-electron chi connectivity index (χ3n) is 1.73. The first-order chi connectivity index (χ1) is 7.00. The van der Waals surface area contributed by atoms with Crippen LogP contribution in [0.2, 0.25) is 0 Å². The summed E-state index contributed by atoms with van der Waals surface area (Å²) in [5.74, 6) is -1.49. The molecule has 80 valence electrons. The summed E-state index contributed by atoms with van der Waals surface area (Å²) >= 11 is 0. The Labute approximate surface area is 86.3 Å². The van der Waals surface area contributed by atoms with Gasteiger partial charge in [-0.15, -0.1) is 0 Å². The van der Waals surface area contributed by atoms with Crippen molar-refractivity contribution in [1.29, 1.82) is 0 Å². The van der Waals surface area contributed by atoms with Gasteiger partial charge in [-0.1, -0.05) is 0 Å². The SMILES string of the molecule is CN(CC(=O)O)C(=O)c1cncc(N)c1. The fourth-order valence-electron chi connectivity index (χ4n) is 1.07. The number of amides is 1. The van der Waals surface area contributed by atoms with Crippen molar-refractivity contribution in [2.45, 2.75) is 0 Å². The number of aliphatic carboxylic acids is 1. The summed E-state index contributed by atoms with van der Waals surface area (Å²) in [5.41, 5.74) is 6.09. The highest BCUT2D eigenvalue weighted by atomic mass is 16.4. The van der Waals surface area contributed by atoms with E-state index in [9.17, 15) is 9.59 Å². The third kappa shape index (κ3) is 2.94. The predicted octanol–water partition coefficient (Wildman–Crippen LogP) is -0.180. The molecule has 0 saturated carbocycles. The van der Waals surface area contributed by atoms with Crippen molar-refractivity contribution in [3.05, 3.63) is 24.0 Å². The molecular weight excluding hydrogens is 198 g/mol. The average Bonchev–Trinajstić information content (AvgIpc) is 2.15. The topological polar surface area (TPSA) is 96.5 Å². The number of rotatable bonds is 3. The van der Waals surface area contributed by atoms with Crippen LogP contribution in [0.3, 0.4) is 0 Å². The molecule has 0 radical (unpaired) electrons. The van der Waals surface area contributed by atoms with E-state index in [0.717, 1.165) is 4.90 Å². The molecule has 0 bridgehead atoms. The standard InChI is InChI=1S/C9H11N3O3/c1-12(5-8(13)14)9(15)6-2-7(10)4-11-3-6/h2-4H,5,10H2,1H3,(H,13,14). The molecule has 1 aromatic rings. The van der Waals surface area contributed by atoms with Crippen LogP contribution in [0.25, 0.3) is 0 Å². The van der Waals surface area contributed by atoms with Crippen molar-refractivity contribution in [3.8, 4) is 0 Å². The molecule has 0 aromatic carbocycles. The van der Waals surface area contributed by atoms with Gasteiger partial charge in [-0.05, 0) is 6.07 Å². The lowest BCUT2D eigenvalue weighted by molar-refractivity contribution is -0.137. The largest absolute Gasteiger partial charge is 0.480 e. The first-order valence-corrected chi connectivity index (χ1v) is 4.18. The van der Waals surface area contributed by atoms with Crippen LogP contribution in [-0.4, -0.2) is 40.5 Å². The summed E-state index contributed by atoms with van der Waals surface area (Å²) in [6, 6.07) is 1.45. The quantitative estimate of drug-likeness (QED) is 0.719. The van der Waals surface area contributed by atoms with Gasteiger partial charge in [0.25, 0.3) is 5.91 Å². The molecule has 0 saturated heterocycles. The molecule has 0 spiro atoms. The molecule has 1 amide bonds. The van der Waals surface area contributed by atoms with Crippen LogP contribution in [0.1, 0.15) is 10.4 Å². The summed E-state index contributed by atoms with van der Waals surface area (Å²) in [6.45, 7) is -0.354. The van der Waals surface area contributed by atoms with Crippen LogP contribution in [0.4, 0.5) is 5.69 Å². The Morgan fingerprint density at radius 2 is 2.20 bits per heavy atom. The Morgan fingerprint density at radius 3 is 2.73 bits per heavy atom. The summed E-state index contributed by atoms with van der Waals surface area (Å²) in [5, 5.41) is 8.50. The Kier molecular flexibility index (Phi) is 3.22. The van der Waals surface area contributed by atoms with Gasteiger partial charge in [0.15, 0.2) is 0 Å². The van der Waals surface area contributed by atoms with Gasteiger partial charge in [0, 0.05) is 19.4 Å². The van der Waals surface area contributed by atoms with E-state index >= 15 is 0 Å². The van der Waals surface area contributed by atoms with E-state index in [1.54, 1.807) is 0 Å². The average molecular weight is 209 g/mol. The number of carboxylic acids is 1. The Morgan fingerprint density at radius 1 is 1.53 bits per heavy atom. The minimum Gasteiger partial charge on any atom is -0.480 e. The fraction of sp³-hybridized carbons (Fsp3) is 0.222. The Bertz CT molecular complexity index is 392. The molecule has 0 aliphatic rings. The zero-order valence-electron chi connectivity index (χ0n) is 8.17. The van der Waals surface area contributed by atoms with Gasteiger partial charge in [0.2, 0.25) is 0 Å². The molecule has 3 N–H and O–H groups in total. The van der Waals surface area contributed by atoms with E-state index in [1.165, 1.54) is 25.5 Å². The first-order valence-electron chi connectivity index (χ1n) is 4.18. The van der Waals surface area contributed by atoms with Crippen molar-refractivity contribution >= 4 is 17.6 Å². The second kappa shape index (κ2) is 4.41. The van der Waals surface area contributed by atoms with Crippen molar-refractivity contribution in [3.63, 3.8) is 0 Å². The number of hydrogen-bond donors (Lipinski definition) is 2. The lowest BCUT2D eigenvalue weighted by Crippen LogP contribution is -2.32. The zero-order valence-corrected chi connectivity index (χ0v) is 8.17. The van der Waals surface area contributed by atoms with E-state index in [1.807, 2.05) is 0 Å². The molecule has 15 heavy (non-hydrogen) atoms. The van der Waals surface area contributed by atoms with E-state index in [0.29, 0.717) is 5.69 Å². The van der Waals surface area contributed by atoms with Gasteiger partial charge >= 0.3 is 5.97 Å². The molecule has 1 aromatic heterocycles. The number of aromatic nitrogens is 1. The minimum atomic E-state index is -1.07. The zero-order chi connectivity index (χ0) is 11.4. The smallest absolute Gasteiger partial charge is 0.323 e. The first kappa shape index (κ1) is 11.0. The summed E-state index contributed by atoms with van der Waals surface area (Å²) in [6.07, 6.45) is 2.75. The van der Waals surface area contributed by atoms with E-state index in [4.69, 9.17) is 10.8 Å². The third-order valence-corrected chi connectivity index (χ3v) is 1.73. The summed E-state index contributed by atoms with van der Waals surface area (Å²) < 4.78 is 0. The van der Waals surface area contributed by atoms with Gasteiger partial charge < -0.3 is 15.7 Å². The molecule has 6 heteroatoms. The van der Waals surface area contributed by atoms with Crippen molar-refractivity contribution in [2.75, 3.05) is 19.3 Å². The maximum atomic E-state index is 11.6. The lowest BCUT2D eigenvalue weighted by Gasteiger charge is -2.14. The second-order valence-corrected chi connectivity index (χ2v) is 3.06. The maximum absolute atomic E-state index is 11.6. The molecule has 0 fully saturated rings. The Balaban J connectivity index is 2.80. The fourth-order valence-corrected chi connectivity index (χ4v) is 1.07. The number of pyridine rings is 1. The second-order valence-electron chi connectivity index (χ2n) is 3.06. The van der Waals surface area contributed by atoms with Crippen molar-refractivity contribution in [2.24, 2.45) is 0 Å². The number of nitrogens with two attached hydrogens (primary N) is 1. The van der Waals surface area contributed by atoms with Gasteiger partial charge in [-0.3, -0.25) is 14.6 Å². The number of likely N-dealkylation sites (N-methyl/N-ethyl adjacent to an activating group) is 1. The molecule has 1 rings (SSSR count). The van der Waals surface area contributed by atoms with E-state index in [-0.39, 0.29) is 12.1 Å². The number of carboxylic acid groups (broad SMARTS) is 1. The normalized spacial score (nSPS) is 9.67. The molecule has 0 unspecified atom stereocenters. The minimum absolute atomic E-state index is 0.277. The van der Waals surface area contributed by atoms with Crippen LogP contribution in [0, 0.1) is 0 Å². The molecule has 0 aliphatic carbocycles. The highest BCUT2D eigenvalue weighted by Gasteiger charge is 2.14. The summed E-state index contributed by atoms with van der Waals surface area (Å²) in [7, 11) is 1.40. The van der Waals surface area contributed by atoms with E-state index in [2.05, 4.69) is 4.98 Å². The van der Waals surface area contributed by atoms with Crippen LogP contribution in [0.5, 0.6) is 0 Å². The molecular formula is C9H11N3O3. The molecule has 0 atom stereocenters. The van der Waals surface area contributed by atoms with Crippen LogP contribution < -0.4 is 5.73 Å². The number of hydrogen-bond acceptors (Lipinski definition) is 4. The van der Waals surface area contributed by atoms with Gasteiger partial charge in [-0.2, -0.15) is 0 Å².